The summed E-state index contributed by atoms with van der Waals surface area (Å²) in [4.78, 5) is 1.26. The van der Waals surface area contributed by atoms with Crippen LogP contribution in [0, 0.1) is 0 Å². The third-order valence-corrected chi connectivity index (χ3v) is 6.38. The average Bonchev–Trinajstić information content (AvgIpc) is 2.66. The third-order valence-electron chi connectivity index (χ3n) is 4.98. The summed E-state index contributed by atoms with van der Waals surface area (Å²) >= 11 is -0.249. The van der Waals surface area contributed by atoms with E-state index in [2.05, 4.69) is 0 Å². The summed E-state index contributed by atoms with van der Waals surface area (Å²) in [6, 6.07) is 0. The monoisotopic (exact) mass is 579 g/mol. The van der Waals surface area contributed by atoms with Gasteiger partial charge in [0.2, 0.25) is 0 Å². The first-order chi connectivity index (χ1) is 15.1. The topological polar surface area (TPSA) is 3.24 Å². The molecule has 0 aliphatic rings. The molecule has 2 atom stereocenters. The van der Waals surface area contributed by atoms with Crippen molar-refractivity contribution in [3.63, 3.8) is 0 Å². The van der Waals surface area contributed by atoms with Gasteiger partial charge in [-0.3, -0.25) is 4.90 Å². The second kappa shape index (κ2) is 9.78. The Morgan fingerprint density at radius 3 is 1.09 bits per heavy atom. The zero-order chi connectivity index (χ0) is 28.9. The maximum absolute atomic E-state index is 14.2. The van der Waals surface area contributed by atoms with Crippen LogP contribution in [0.2, 0.25) is 0 Å². The zero-order valence-electron chi connectivity index (χ0n) is 17.8. The number of hydrogen-bond donors (Lipinski definition) is 0. The lowest BCUT2D eigenvalue weighted by Gasteiger charge is -2.44. The maximum Gasteiger partial charge on any atom is 0.460 e. The Morgan fingerprint density at radius 1 is 0.514 bits per heavy atom. The first-order valence-corrected chi connectivity index (χ1v) is 10.1. The number of alkyl halides is 17. The summed E-state index contributed by atoms with van der Waals surface area (Å²) in [7, 11) is 0. The van der Waals surface area contributed by atoms with Crippen LogP contribution in [0.4, 0.5) is 74.6 Å². The van der Waals surface area contributed by atoms with Crippen molar-refractivity contribution in [2.45, 2.75) is 86.0 Å². The highest BCUT2D eigenvalue weighted by molar-refractivity contribution is 8.00. The van der Waals surface area contributed by atoms with Gasteiger partial charge in [-0.2, -0.15) is 74.6 Å². The van der Waals surface area contributed by atoms with Gasteiger partial charge in [0.25, 0.3) is 0 Å². The van der Waals surface area contributed by atoms with E-state index in [0.717, 1.165) is 6.92 Å². The lowest BCUT2D eigenvalue weighted by molar-refractivity contribution is -0.461. The maximum atomic E-state index is 14.2. The van der Waals surface area contributed by atoms with E-state index < -0.39 is 58.3 Å². The van der Waals surface area contributed by atoms with E-state index in [1.165, 1.54) is 18.7 Å². The predicted molar refractivity (Wildman–Crippen MR) is 90.1 cm³/mol. The molecule has 212 valence electrons. The summed E-state index contributed by atoms with van der Waals surface area (Å²) in [6.07, 6.45) is -7.76. The van der Waals surface area contributed by atoms with Crippen LogP contribution in [0.25, 0.3) is 0 Å². The van der Waals surface area contributed by atoms with E-state index in [1.54, 1.807) is 0 Å². The second-order valence-corrected chi connectivity index (χ2v) is 8.83. The van der Waals surface area contributed by atoms with Crippen LogP contribution in [0.1, 0.15) is 27.7 Å². The Morgan fingerprint density at radius 2 is 0.800 bits per heavy atom. The van der Waals surface area contributed by atoms with Gasteiger partial charge in [0.1, 0.15) is 0 Å². The average molecular weight is 579 g/mol. The largest absolute Gasteiger partial charge is 0.460 e. The van der Waals surface area contributed by atoms with Crippen molar-refractivity contribution in [2.24, 2.45) is 0 Å². The highest BCUT2D eigenvalue weighted by Crippen LogP contribution is 2.64. The molecular weight excluding hydrogens is 561 g/mol. The lowest BCUT2D eigenvalue weighted by atomic mass is 9.88. The standard InChI is InChI=1S/C16H18F17NS/c1-5-34(6-2)8(4)35-7(3)9(17,18)10(19,20)11(21,22)12(23,24)13(25,26)14(27,28)15(29,30)16(31,32)33/h7-8H,5-6H2,1-4H3. The minimum absolute atomic E-state index is 0.0668. The minimum Gasteiger partial charge on any atom is -0.292 e. The molecule has 0 saturated heterocycles. The van der Waals surface area contributed by atoms with Gasteiger partial charge in [-0.25, -0.2) is 0 Å². The third kappa shape index (κ3) is 5.00. The second-order valence-electron chi connectivity index (χ2n) is 7.17. The molecule has 0 heterocycles. The van der Waals surface area contributed by atoms with Crippen LogP contribution in [-0.2, 0) is 0 Å². The molecule has 19 heteroatoms. The van der Waals surface area contributed by atoms with Crippen LogP contribution in [0.5, 0.6) is 0 Å². The van der Waals surface area contributed by atoms with Gasteiger partial charge in [-0.1, -0.05) is 13.8 Å². The summed E-state index contributed by atoms with van der Waals surface area (Å²) in [5, 5.41) is -4.31. The van der Waals surface area contributed by atoms with E-state index in [0.29, 0.717) is 0 Å². The van der Waals surface area contributed by atoms with Gasteiger partial charge >= 0.3 is 47.6 Å². The molecule has 0 aliphatic heterocycles. The number of rotatable bonds is 12. The van der Waals surface area contributed by atoms with Crippen molar-refractivity contribution < 1.29 is 74.6 Å². The highest BCUT2D eigenvalue weighted by atomic mass is 32.2. The van der Waals surface area contributed by atoms with Crippen molar-refractivity contribution in [3.05, 3.63) is 0 Å². The molecule has 0 aromatic carbocycles. The van der Waals surface area contributed by atoms with Gasteiger partial charge in [-0.15, -0.1) is 11.8 Å². The Labute approximate surface area is 191 Å². The molecule has 0 N–H and O–H groups in total. The smallest absolute Gasteiger partial charge is 0.292 e. The summed E-state index contributed by atoms with van der Waals surface area (Å²) in [5.41, 5.74) is 0. The van der Waals surface area contributed by atoms with E-state index in [1.807, 2.05) is 0 Å². The molecule has 2 unspecified atom stereocenters. The van der Waals surface area contributed by atoms with Crippen molar-refractivity contribution >= 4 is 11.8 Å². The van der Waals surface area contributed by atoms with Crippen molar-refractivity contribution in [2.75, 3.05) is 13.1 Å². The number of halogens is 17. The summed E-state index contributed by atoms with van der Waals surface area (Å²) < 4.78 is 226. The molecule has 0 spiro atoms. The van der Waals surface area contributed by atoms with Gasteiger partial charge in [0, 0.05) is 0 Å². The zero-order valence-corrected chi connectivity index (χ0v) is 18.7. The van der Waals surface area contributed by atoms with E-state index in [9.17, 15) is 74.6 Å². The van der Waals surface area contributed by atoms with Crippen LogP contribution in [0.3, 0.4) is 0 Å². The summed E-state index contributed by atoms with van der Waals surface area (Å²) in [5.74, 6) is -56.1. The molecule has 0 aliphatic carbocycles. The minimum atomic E-state index is -8.60. The molecule has 0 rings (SSSR count). The Hall–Kier alpha value is -0.880. The summed E-state index contributed by atoms with van der Waals surface area (Å²) in [6.45, 7) is 4.16. The Bertz CT molecular complexity index is 713. The SMILES string of the molecule is CCN(CC)C(C)SC(C)C(F)(F)C(F)(F)C(F)(F)C(F)(F)C(F)(F)C(F)(F)C(F)(F)C(F)(F)F. The van der Waals surface area contributed by atoms with Crippen molar-refractivity contribution in [3.8, 4) is 0 Å². The van der Waals surface area contributed by atoms with Crippen molar-refractivity contribution in [1.82, 2.24) is 4.90 Å². The van der Waals surface area contributed by atoms with Crippen LogP contribution in [-0.4, -0.2) is 76.2 Å². The molecule has 0 radical (unpaired) electrons. The van der Waals surface area contributed by atoms with Gasteiger partial charge in [-0.05, 0) is 26.9 Å². The van der Waals surface area contributed by atoms with Gasteiger partial charge in [0.05, 0.1) is 10.6 Å². The molecule has 1 nitrogen and oxygen atoms in total. The molecular formula is C16H18F17NS. The molecule has 0 fully saturated rings. The van der Waals surface area contributed by atoms with Crippen molar-refractivity contribution in [1.29, 1.82) is 0 Å². The van der Waals surface area contributed by atoms with E-state index in [4.69, 9.17) is 0 Å². The van der Waals surface area contributed by atoms with Crippen LogP contribution in [0.15, 0.2) is 0 Å². The van der Waals surface area contributed by atoms with Crippen LogP contribution >= 0.6 is 11.8 Å². The number of nitrogens with zero attached hydrogens (tertiary/aromatic N) is 1. The van der Waals surface area contributed by atoms with Crippen LogP contribution < -0.4 is 0 Å². The Balaban J connectivity index is 6.59. The van der Waals surface area contributed by atoms with E-state index >= 15 is 0 Å². The Kier molecular flexibility index (Phi) is 9.53. The number of thioether (sulfide) groups is 1. The first-order valence-electron chi connectivity index (χ1n) is 9.18. The fourth-order valence-corrected chi connectivity index (χ4v) is 4.02. The normalized spacial score (nSPS) is 17.7. The fraction of sp³-hybridized carbons (Fsp3) is 1.00. The molecule has 35 heavy (non-hydrogen) atoms. The molecule has 0 bridgehead atoms. The molecule has 0 aromatic rings. The molecule has 0 amide bonds. The van der Waals surface area contributed by atoms with Gasteiger partial charge < -0.3 is 0 Å². The van der Waals surface area contributed by atoms with Gasteiger partial charge in [0.15, 0.2) is 0 Å². The molecule has 0 aromatic heterocycles. The van der Waals surface area contributed by atoms with E-state index in [-0.39, 0.29) is 31.8 Å². The first kappa shape index (κ1) is 34.1. The molecule has 0 saturated carbocycles. The quantitative estimate of drug-likeness (QED) is 0.172. The lowest BCUT2D eigenvalue weighted by Crippen LogP contribution is -2.75. The highest BCUT2D eigenvalue weighted by Gasteiger charge is 2.95. The number of hydrogen-bond acceptors (Lipinski definition) is 2. The fourth-order valence-electron chi connectivity index (χ4n) is 2.64. The predicted octanol–water partition coefficient (Wildman–Crippen LogP) is 7.81.